The highest BCUT2D eigenvalue weighted by Gasteiger charge is 2.21. The van der Waals surface area contributed by atoms with Crippen LogP contribution < -0.4 is 5.32 Å². The van der Waals surface area contributed by atoms with Crippen LogP contribution in [0.1, 0.15) is 19.3 Å². The maximum Gasteiger partial charge on any atom is 0.236 e. The Hall–Kier alpha value is -0.870. The van der Waals surface area contributed by atoms with Crippen molar-refractivity contribution < 1.29 is 4.79 Å². The molecule has 0 radical (unpaired) electrons. The average Bonchev–Trinajstić information content (AvgIpc) is 2.40. The van der Waals surface area contributed by atoms with Crippen LogP contribution in [0.4, 0.5) is 0 Å². The van der Waals surface area contributed by atoms with E-state index in [-0.39, 0.29) is 5.91 Å². The molecule has 1 fully saturated rings. The number of carbonyl (C=O) groups is 1. The molecule has 2 aliphatic rings. The Morgan fingerprint density at radius 2 is 2.24 bits per heavy atom. The molecule has 1 N–H and O–H groups in total. The third-order valence-corrected chi connectivity index (χ3v) is 3.65. The van der Waals surface area contributed by atoms with Crippen LogP contribution in [0.3, 0.4) is 0 Å². The summed E-state index contributed by atoms with van der Waals surface area (Å²) in [7, 11) is 2.06. The molecule has 96 valence electrons. The van der Waals surface area contributed by atoms with E-state index in [1.54, 1.807) is 0 Å². The van der Waals surface area contributed by atoms with Crippen LogP contribution in [-0.4, -0.2) is 61.5 Å². The number of hydrogen-bond donors (Lipinski definition) is 1. The highest BCUT2D eigenvalue weighted by molar-refractivity contribution is 5.78. The fraction of sp³-hybridized carbons (Fsp3) is 0.769. The van der Waals surface area contributed by atoms with E-state index < -0.39 is 0 Å². The molecule has 4 heteroatoms. The van der Waals surface area contributed by atoms with Gasteiger partial charge < -0.3 is 10.2 Å². The Morgan fingerprint density at radius 1 is 1.47 bits per heavy atom. The molecule has 0 aromatic carbocycles. The molecule has 1 heterocycles. The lowest BCUT2D eigenvalue weighted by Crippen LogP contribution is -2.50. The van der Waals surface area contributed by atoms with Gasteiger partial charge in [-0.25, -0.2) is 0 Å². The van der Waals surface area contributed by atoms with E-state index in [9.17, 15) is 4.79 Å². The van der Waals surface area contributed by atoms with Gasteiger partial charge in [-0.3, -0.25) is 9.69 Å². The maximum absolute atomic E-state index is 12.1. The number of hydrogen-bond acceptors (Lipinski definition) is 3. The summed E-state index contributed by atoms with van der Waals surface area (Å²) in [5.41, 5.74) is 0. The summed E-state index contributed by atoms with van der Waals surface area (Å²) < 4.78 is 0. The Morgan fingerprint density at radius 3 is 2.88 bits per heavy atom. The molecule has 0 aromatic heterocycles. The number of carbonyl (C=O) groups excluding carboxylic acids is 1. The second kappa shape index (κ2) is 6.17. The largest absolute Gasteiger partial charge is 0.339 e. The Bertz CT molecular complexity index is 284. The monoisotopic (exact) mass is 237 g/mol. The van der Waals surface area contributed by atoms with E-state index in [4.69, 9.17) is 0 Å². The standard InChI is InChI=1S/C13H23N3O/c1-15(12-5-3-2-4-6-12)11-13(17)16-9-7-14-8-10-16/h3,5,12,14H,2,4,6-11H2,1H3. The highest BCUT2D eigenvalue weighted by Crippen LogP contribution is 2.15. The van der Waals surface area contributed by atoms with Crippen molar-refractivity contribution in [1.29, 1.82) is 0 Å². The van der Waals surface area contributed by atoms with Crippen LogP contribution in [0.25, 0.3) is 0 Å². The maximum atomic E-state index is 12.1. The molecule has 1 saturated heterocycles. The Balaban J connectivity index is 1.80. The molecule has 0 aromatic rings. The molecule has 4 nitrogen and oxygen atoms in total. The van der Waals surface area contributed by atoms with Crippen LogP contribution >= 0.6 is 0 Å². The van der Waals surface area contributed by atoms with Gasteiger partial charge in [-0.15, -0.1) is 0 Å². The number of allylic oxidation sites excluding steroid dienone is 1. The van der Waals surface area contributed by atoms with Crippen molar-refractivity contribution in [3.05, 3.63) is 12.2 Å². The van der Waals surface area contributed by atoms with E-state index >= 15 is 0 Å². The number of nitrogens with one attached hydrogen (secondary N) is 1. The zero-order chi connectivity index (χ0) is 12.1. The van der Waals surface area contributed by atoms with Gasteiger partial charge >= 0.3 is 0 Å². The minimum absolute atomic E-state index is 0.271. The molecule has 1 aliphatic carbocycles. The van der Waals surface area contributed by atoms with Crippen molar-refractivity contribution in [3.63, 3.8) is 0 Å². The zero-order valence-electron chi connectivity index (χ0n) is 10.7. The number of nitrogens with zero attached hydrogens (tertiary/aromatic N) is 2. The summed E-state index contributed by atoms with van der Waals surface area (Å²) in [6.07, 6.45) is 8.10. The van der Waals surface area contributed by atoms with Crippen LogP contribution in [0.2, 0.25) is 0 Å². The van der Waals surface area contributed by atoms with E-state index in [1.165, 1.54) is 19.3 Å². The van der Waals surface area contributed by atoms with Gasteiger partial charge in [-0.1, -0.05) is 12.2 Å². The van der Waals surface area contributed by atoms with Crippen molar-refractivity contribution >= 4 is 5.91 Å². The van der Waals surface area contributed by atoms with Crippen molar-refractivity contribution in [3.8, 4) is 0 Å². The van der Waals surface area contributed by atoms with Gasteiger partial charge in [-0.2, -0.15) is 0 Å². The predicted molar refractivity (Wildman–Crippen MR) is 68.9 cm³/mol. The molecule has 1 atom stereocenters. The fourth-order valence-corrected chi connectivity index (χ4v) is 2.51. The summed E-state index contributed by atoms with van der Waals surface area (Å²) in [5.74, 6) is 0.271. The zero-order valence-corrected chi connectivity index (χ0v) is 10.7. The molecule has 1 unspecified atom stereocenters. The van der Waals surface area contributed by atoms with Crippen molar-refractivity contribution in [2.24, 2.45) is 0 Å². The fourth-order valence-electron chi connectivity index (χ4n) is 2.51. The summed E-state index contributed by atoms with van der Waals surface area (Å²) in [6.45, 7) is 4.12. The first-order valence-corrected chi connectivity index (χ1v) is 6.63. The van der Waals surface area contributed by atoms with Gasteiger partial charge in [0, 0.05) is 32.2 Å². The summed E-state index contributed by atoms with van der Waals surface area (Å²) in [6, 6.07) is 0.454. The van der Waals surface area contributed by atoms with E-state index in [0.29, 0.717) is 12.6 Å². The lowest BCUT2D eigenvalue weighted by molar-refractivity contribution is -0.133. The summed E-state index contributed by atoms with van der Waals surface area (Å²) >= 11 is 0. The first-order valence-electron chi connectivity index (χ1n) is 6.63. The van der Waals surface area contributed by atoms with E-state index in [0.717, 1.165) is 26.2 Å². The Labute approximate surface area is 104 Å². The number of amides is 1. The second-order valence-corrected chi connectivity index (χ2v) is 4.97. The molecular weight excluding hydrogens is 214 g/mol. The first kappa shape index (κ1) is 12.6. The quantitative estimate of drug-likeness (QED) is 0.724. The van der Waals surface area contributed by atoms with Crippen molar-refractivity contribution in [2.75, 3.05) is 39.8 Å². The van der Waals surface area contributed by atoms with Crippen LogP contribution in [0.15, 0.2) is 12.2 Å². The molecule has 0 saturated carbocycles. The van der Waals surface area contributed by atoms with Gasteiger partial charge in [0.05, 0.1) is 6.54 Å². The predicted octanol–water partition coefficient (Wildman–Crippen LogP) is 0.459. The first-order chi connectivity index (χ1) is 8.27. The lowest BCUT2D eigenvalue weighted by Gasteiger charge is -2.32. The third-order valence-electron chi connectivity index (χ3n) is 3.65. The van der Waals surface area contributed by atoms with Gasteiger partial charge in [0.1, 0.15) is 0 Å². The Kier molecular flexibility index (Phi) is 4.57. The normalized spacial score (nSPS) is 25.3. The molecule has 0 bridgehead atoms. The van der Waals surface area contributed by atoms with E-state index in [2.05, 4.69) is 29.4 Å². The molecule has 17 heavy (non-hydrogen) atoms. The molecule has 1 amide bonds. The second-order valence-electron chi connectivity index (χ2n) is 4.97. The molecular formula is C13H23N3O. The topological polar surface area (TPSA) is 35.6 Å². The van der Waals surface area contributed by atoms with E-state index in [1.807, 2.05) is 4.90 Å². The van der Waals surface area contributed by atoms with Gasteiger partial charge in [-0.05, 0) is 26.3 Å². The molecule has 1 aliphatic heterocycles. The average molecular weight is 237 g/mol. The highest BCUT2D eigenvalue weighted by atomic mass is 16.2. The van der Waals surface area contributed by atoms with Gasteiger partial charge in [0.15, 0.2) is 0 Å². The SMILES string of the molecule is CN(CC(=O)N1CCNCC1)C1C=CCCC1. The van der Waals surface area contributed by atoms with Crippen LogP contribution in [0.5, 0.6) is 0 Å². The van der Waals surface area contributed by atoms with Crippen LogP contribution in [0, 0.1) is 0 Å². The molecule has 0 spiro atoms. The van der Waals surface area contributed by atoms with Crippen LogP contribution in [-0.2, 0) is 4.79 Å². The number of rotatable bonds is 3. The number of likely N-dealkylation sites (N-methyl/N-ethyl adjacent to an activating group) is 1. The summed E-state index contributed by atoms with van der Waals surface area (Å²) in [4.78, 5) is 16.2. The van der Waals surface area contributed by atoms with Crippen molar-refractivity contribution in [2.45, 2.75) is 25.3 Å². The lowest BCUT2D eigenvalue weighted by atomic mass is 10.0. The van der Waals surface area contributed by atoms with Gasteiger partial charge in [0.2, 0.25) is 5.91 Å². The third kappa shape index (κ3) is 3.54. The minimum atomic E-state index is 0.271. The smallest absolute Gasteiger partial charge is 0.236 e. The molecule has 2 rings (SSSR count). The number of piperazine rings is 1. The minimum Gasteiger partial charge on any atom is -0.339 e. The van der Waals surface area contributed by atoms with Crippen molar-refractivity contribution in [1.82, 2.24) is 15.1 Å². The summed E-state index contributed by atoms with van der Waals surface area (Å²) in [5, 5.41) is 3.27. The van der Waals surface area contributed by atoms with Gasteiger partial charge in [0.25, 0.3) is 0 Å².